The van der Waals surface area contributed by atoms with Crippen molar-refractivity contribution in [2.45, 2.75) is 30.6 Å². The molecule has 0 amide bonds. The van der Waals surface area contributed by atoms with Crippen molar-refractivity contribution >= 4 is 9.84 Å². The molecule has 7 heteroatoms. The van der Waals surface area contributed by atoms with Gasteiger partial charge >= 0.3 is 0 Å². The third kappa shape index (κ3) is 4.24. The van der Waals surface area contributed by atoms with Gasteiger partial charge in [-0.15, -0.1) is 0 Å². The summed E-state index contributed by atoms with van der Waals surface area (Å²) in [5, 5.41) is 3.86. The summed E-state index contributed by atoms with van der Waals surface area (Å²) in [6.45, 7) is 3.90. The Balaban J connectivity index is 1.76. The summed E-state index contributed by atoms with van der Waals surface area (Å²) in [6, 6.07) is 15.4. The maximum Gasteiger partial charge on any atom is 0.242 e. The summed E-state index contributed by atoms with van der Waals surface area (Å²) in [5.74, 6) is 0.809. The van der Waals surface area contributed by atoms with Gasteiger partial charge in [-0.25, -0.2) is 8.42 Å². The molecular formula is C18H18N2O4S. The van der Waals surface area contributed by atoms with Crippen LogP contribution in [0.3, 0.4) is 0 Å². The van der Waals surface area contributed by atoms with Crippen LogP contribution in [-0.4, -0.2) is 24.7 Å². The molecule has 25 heavy (non-hydrogen) atoms. The zero-order valence-corrected chi connectivity index (χ0v) is 14.7. The Hall–Kier alpha value is -2.67. The van der Waals surface area contributed by atoms with Gasteiger partial charge < -0.3 is 9.26 Å². The number of hydrogen-bond donors (Lipinski definition) is 0. The van der Waals surface area contributed by atoms with Crippen molar-refractivity contribution in [2.24, 2.45) is 0 Å². The molecule has 0 aliphatic carbocycles. The minimum absolute atomic E-state index is 0.0568. The van der Waals surface area contributed by atoms with Crippen LogP contribution < -0.4 is 4.74 Å². The lowest BCUT2D eigenvalue weighted by Gasteiger charge is -2.09. The lowest BCUT2D eigenvalue weighted by atomic mass is 10.2. The lowest BCUT2D eigenvalue weighted by Crippen LogP contribution is -2.05. The molecule has 3 aromatic rings. The number of nitrogens with zero attached hydrogens (tertiary/aromatic N) is 2. The molecule has 0 saturated carbocycles. The Morgan fingerprint density at radius 1 is 1.04 bits per heavy atom. The first-order chi connectivity index (χ1) is 11.9. The van der Waals surface area contributed by atoms with Crippen LogP contribution in [0.1, 0.15) is 19.7 Å². The van der Waals surface area contributed by atoms with Gasteiger partial charge in [0.15, 0.2) is 9.84 Å². The predicted octanol–water partition coefficient (Wildman–Crippen LogP) is 3.50. The standard InChI is InChI=1S/C18H18N2O4S/c1-13(2)23-15-10-8-14(9-11-15)18-19-17(24-20-18)12-25(21,22)16-6-4-3-5-7-16/h3-11,13H,12H2,1-2H3. The third-order valence-electron chi connectivity index (χ3n) is 3.37. The number of sulfone groups is 1. The minimum atomic E-state index is -3.52. The van der Waals surface area contributed by atoms with E-state index in [-0.39, 0.29) is 22.6 Å². The lowest BCUT2D eigenvalue weighted by molar-refractivity contribution is 0.242. The Morgan fingerprint density at radius 2 is 1.72 bits per heavy atom. The molecule has 0 aliphatic heterocycles. The fourth-order valence-electron chi connectivity index (χ4n) is 2.26. The third-order valence-corrected chi connectivity index (χ3v) is 4.99. The number of rotatable bonds is 6. The smallest absolute Gasteiger partial charge is 0.242 e. The highest BCUT2D eigenvalue weighted by Gasteiger charge is 2.20. The van der Waals surface area contributed by atoms with Gasteiger partial charge in [0, 0.05) is 5.56 Å². The van der Waals surface area contributed by atoms with E-state index < -0.39 is 9.84 Å². The summed E-state index contributed by atoms with van der Waals surface area (Å²) in [7, 11) is -3.52. The summed E-state index contributed by atoms with van der Waals surface area (Å²) in [5.41, 5.74) is 0.725. The predicted molar refractivity (Wildman–Crippen MR) is 92.8 cm³/mol. The fourth-order valence-corrected chi connectivity index (χ4v) is 3.44. The van der Waals surface area contributed by atoms with E-state index in [0.29, 0.717) is 5.82 Å². The van der Waals surface area contributed by atoms with Gasteiger partial charge in [0.2, 0.25) is 11.7 Å². The molecule has 2 aromatic carbocycles. The largest absolute Gasteiger partial charge is 0.491 e. The number of aromatic nitrogens is 2. The first-order valence-corrected chi connectivity index (χ1v) is 9.47. The molecule has 3 rings (SSSR count). The summed E-state index contributed by atoms with van der Waals surface area (Å²) < 4.78 is 35.4. The first kappa shape index (κ1) is 17.2. The number of benzene rings is 2. The second-order valence-electron chi connectivity index (χ2n) is 5.77. The Kier molecular flexibility index (Phi) is 4.85. The normalized spacial score (nSPS) is 11.6. The Labute approximate surface area is 146 Å². The van der Waals surface area contributed by atoms with Crippen LogP contribution in [0.25, 0.3) is 11.4 Å². The molecule has 130 valence electrons. The van der Waals surface area contributed by atoms with Crippen LogP contribution in [0.2, 0.25) is 0 Å². The van der Waals surface area contributed by atoms with E-state index in [2.05, 4.69) is 10.1 Å². The van der Waals surface area contributed by atoms with E-state index in [1.807, 2.05) is 26.0 Å². The van der Waals surface area contributed by atoms with Crippen molar-refractivity contribution < 1.29 is 17.7 Å². The van der Waals surface area contributed by atoms with Crippen LogP contribution in [-0.2, 0) is 15.6 Å². The summed E-state index contributed by atoms with van der Waals surface area (Å²) >= 11 is 0. The highest BCUT2D eigenvalue weighted by atomic mass is 32.2. The molecule has 0 bridgehead atoms. The zero-order valence-electron chi connectivity index (χ0n) is 13.9. The Morgan fingerprint density at radius 3 is 2.36 bits per heavy atom. The molecule has 0 unspecified atom stereocenters. The monoisotopic (exact) mass is 358 g/mol. The van der Waals surface area contributed by atoms with Gasteiger partial charge in [0.05, 0.1) is 11.0 Å². The van der Waals surface area contributed by atoms with E-state index in [1.165, 1.54) is 0 Å². The highest BCUT2D eigenvalue weighted by Crippen LogP contribution is 2.22. The molecule has 6 nitrogen and oxygen atoms in total. The molecule has 0 N–H and O–H groups in total. The average molecular weight is 358 g/mol. The van der Waals surface area contributed by atoms with E-state index in [1.54, 1.807) is 42.5 Å². The molecular weight excluding hydrogens is 340 g/mol. The molecule has 0 fully saturated rings. The van der Waals surface area contributed by atoms with Crippen molar-refractivity contribution in [3.05, 3.63) is 60.5 Å². The number of ether oxygens (including phenoxy) is 1. The van der Waals surface area contributed by atoms with Crippen LogP contribution in [0.15, 0.2) is 64.0 Å². The van der Waals surface area contributed by atoms with E-state index in [4.69, 9.17) is 9.26 Å². The van der Waals surface area contributed by atoms with Crippen molar-refractivity contribution in [2.75, 3.05) is 0 Å². The molecule has 1 heterocycles. The molecule has 0 aliphatic rings. The van der Waals surface area contributed by atoms with Gasteiger partial charge in [-0.1, -0.05) is 23.4 Å². The molecule has 0 saturated heterocycles. The minimum Gasteiger partial charge on any atom is -0.491 e. The topological polar surface area (TPSA) is 82.3 Å². The van der Waals surface area contributed by atoms with Gasteiger partial charge in [-0.05, 0) is 50.2 Å². The second-order valence-corrected chi connectivity index (χ2v) is 7.76. The van der Waals surface area contributed by atoms with Gasteiger partial charge in [0.25, 0.3) is 0 Å². The number of hydrogen-bond acceptors (Lipinski definition) is 6. The fraction of sp³-hybridized carbons (Fsp3) is 0.222. The maximum absolute atomic E-state index is 12.4. The SMILES string of the molecule is CC(C)Oc1ccc(-c2noc(CS(=O)(=O)c3ccccc3)n2)cc1. The average Bonchev–Trinajstić information content (AvgIpc) is 3.03. The van der Waals surface area contributed by atoms with Crippen LogP contribution in [0, 0.1) is 0 Å². The van der Waals surface area contributed by atoms with E-state index in [0.717, 1.165) is 11.3 Å². The highest BCUT2D eigenvalue weighted by molar-refractivity contribution is 7.90. The van der Waals surface area contributed by atoms with Crippen LogP contribution in [0.5, 0.6) is 5.75 Å². The Bertz CT molecular complexity index is 933. The van der Waals surface area contributed by atoms with Crippen molar-refractivity contribution in [3.63, 3.8) is 0 Å². The molecule has 0 atom stereocenters. The maximum atomic E-state index is 12.4. The van der Waals surface area contributed by atoms with Gasteiger partial charge in [0.1, 0.15) is 11.5 Å². The second kappa shape index (κ2) is 7.06. The van der Waals surface area contributed by atoms with Crippen LogP contribution >= 0.6 is 0 Å². The van der Waals surface area contributed by atoms with Crippen molar-refractivity contribution in [1.82, 2.24) is 10.1 Å². The van der Waals surface area contributed by atoms with Crippen molar-refractivity contribution in [3.8, 4) is 17.1 Å². The van der Waals surface area contributed by atoms with Gasteiger partial charge in [-0.2, -0.15) is 4.98 Å². The molecule has 0 radical (unpaired) electrons. The van der Waals surface area contributed by atoms with Gasteiger partial charge in [-0.3, -0.25) is 0 Å². The summed E-state index contributed by atoms with van der Waals surface area (Å²) in [6.07, 6.45) is 0.0887. The van der Waals surface area contributed by atoms with E-state index >= 15 is 0 Å². The molecule has 1 aromatic heterocycles. The van der Waals surface area contributed by atoms with E-state index in [9.17, 15) is 8.42 Å². The summed E-state index contributed by atoms with van der Waals surface area (Å²) in [4.78, 5) is 4.41. The van der Waals surface area contributed by atoms with Crippen LogP contribution in [0.4, 0.5) is 0 Å². The molecule has 0 spiro atoms. The van der Waals surface area contributed by atoms with Crippen molar-refractivity contribution in [1.29, 1.82) is 0 Å². The zero-order chi connectivity index (χ0) is 17.9. The first-order valence-electron chi connectivity index (χ1n) is 7.81. The quantitative estimate of drug-likeness (QED) is 0.671.